The maximum absolute atomic E-state index is 4.49. The Labute approximate surface area is 91.9 Å². The fourth-order valence-corrected chi connectivity index (χ4v) is 2.12. The Morgan fingerprint density at radius 2 is 2.27 bits per heavy atom. The third-order valence-corrected chi connectivity index (χ3v) is 3.21. The van der Waals surface area contributed by atoms with Crippen molar-refractivity contribution < 1.29 is 0 Å². The highest BCUT2D eigenvalue weighted by Gasteiger charge is 2.15. The van der Waals surface area contributed by atoms with Crippen molar-refractivity contribution in [2.24, 2.45) is 0 Å². The molecule has 1 aromatic heterocycles. The first-order valence-corrected chi connectivity index (χ1v) is 6.02. The molecule has 1 saturated heterocycles. The Kier molecular flexibility index (Phi) is 3.41. The van der Waals surface area contributed by atoms with Crippen LogP contribution >= 0.6 is 0 Å². The van der Waals surface area contributed by atoms with E-state index < -0.39 is 0 Å². The van der Waals surface area contributed by atoms with Crippen molar-refractivity contribution in [3.63, 3.8) is 0 Å². The minimum atomic E-state index is 0.586. The Morgan fingerprint density at radius 3 is 3.00 bits per heavy atom. The summed E-state index contributed by atoms with van der Waals surface area (Å²) < 4.78 is 2.17. The molecule has 0 saturated carbocycles. The molecule has 1 aliphatic rings. The van der Waals surface area contributed by atoms with Crippen LogP contribution in [0.3, 0.4) is 0 Å². The summed E-state index contributed by atoms with van der Waals surface area (Å²) in [5.41, 5.74) is 1.35. The van der Waals surface area contributed by atoms with Gasteiger partial charge in [0.2, 0.25) is 0 Å². The SMILES string of the molecule is CC(C)c1cnn(C2CCCNCC2)c1. The molecule has 1 aromatic rings. The molecule has 0 spiro atoms. The Balaban J connectivity index is 2.06. The average Bonchev–Trinajstić information content (AvgIpc) is 2.55. The van der Waals surface area contributed by atoms with Gasteiger partial charge in [-0.3, -0.25) is 4.68 Å². The molecule has 0 radical (unpaired) electrons. The maximum Gasteiger partial charge on any atom is 0.0531 e. The van der Waals surface area contributed by atoms with Crippen LogP contribution in [0.1, 0.15) is 50.6 Å². The summed E-state index contributed by atoms with van der Waals surface area (Å²) >= 11 is 0. The van der Waals surface area contributed by atoms with Crippen molar-refractivity contribution in [1.29, 1.82) is 0 Å². The van der Waals surface area contributed by atoms with E-state index in [-0.39, 0.29) is 0 Å². The fraction of sp³-hybridized carbons (Fsp3) is 0.750. The normalized spacial score (nSPS) is 23.0. The first-order valence-electron chi connectivity index (χ1n) is 6.02. The van der Waals surface area contributed by atoms with E-state index in [9.17, 15) is 0 Å². The van der Waals surface area contributed by atoms with Crippen molar-refractivity contribution in [3.8, 4) is 0 Å². The zero-order valence-electron chi connectivity index (χ0n) is 9.74. The lowest BCUT2D eigenvalue weighted by molar-refractivity contribution is 0.414. The van der Waals surface area contributed by atoms with Crippen LogP contribution in [-0.4, -0.2) is 22.9 Å². The van der Waals surface area contributed by atoms with Gasteiger partial charge in [0.05, 0.1) is 12.2 Å². The van der Waals surface area contributed by atoms with E-state index in [0.717, 1.165) is 13.1 Å². The molecule has 0 aliphatic carbocycles. The molecule has 15 heavy (non-hydrogen) atoms. The summed E-state index contributed by atoms with van der Waals surface area (Å²) in [6, 6.07) is 0.604. The minimum absolute atomic E-state index is 0.586. The molecule has 1 fully saturated rings. The smallest absolute Gasteiger partial charge is 0.0531 e. The summed E-state index contributed by atoms with van der Waals surface area (Å²) in [5.74, 6) is 0.586. The summed E-state index contributed by atoms with van der Waals surface area (Å²) in [4.78, 5) is 0. The number of rotatable bonds is 2. The third kappa shape index (κ3) is 2.59. The van der Waals surface area contributed by atoms with Crippen LogP contribution in [0.5, 0.6) is 0 Å². The average molecular weight is 207 g/mol. The first-order chi connectivity index (χ1) is 7.27. The van der Waals surface area contributed by atoms with Gasteiger partial charge in [-0.2, -0.15) is 5.10 Å². The quantitative estimate of drug-likeness (QED) is 0.806. The number of hydrogen-bond donors (Lipinski definition) is 1. The number of aromatic nitrogens is 2. The molecule has 84 valence electrons. The van der Waals surface area contributed by atoms with Gasteiger partial charge in [-0.25, -0.2) is 0 Å². The van der Waals surface area contributed by atoms with Crippen molar-refractivity contribution in [3.05, 3.63) is 18.0 Å². The molecule has 3 heteroatoms. The fourth-order valence-electron chi connectivity index (χ4n) is 2.12. The standard InChI is InChI=1S/C12H21N3/c1-10(2)11-8-14-15(9-11)12-4-3-6-13-7-5-12/h8-10,12-13H,3-7H2,1-2H3. The molecule has 2 rings (SSSR count). The number of nitrogens with one attached hydrogen (secondary N) is 1. The monoisotopic (exact) mass is 207 g/mol. The molecule has 3 nitrogen and oxygen atoms in total. The summed E-state index contributed by atoms with van der Waals surface area (Å²) in [6.45, 7) is 6.72. The summed E-state index contributed by atoms with van der Waals surface area (Å²) in [6.07, 6.45) is 7.97. The predicted octanol–water partition coefficient (Wildman–Crippen LogP) is 2.32. The molecule has 0 amide bonds. The van der Waals surface area contributed by atoms with Crippen LogP contribution in [0.2, 0.25) is 0 Å². The number of hydrogen-bond acceptors (Lipinski definition) is 2. The molecular formula is C12H21N3. The topological polar surface area (TPSA) is 29.9 Å². The van der Waals surface area contributed by atoms with Gasteiger partial charge in [0.15, 0.2) is 0 Å². The second kappa shape index (κ2) is 4.79. The van der Waals surface area contributed by atoms with Gasteiger partial charge in [0.25, 0.3) is 0 Å². The Hall–Kier alpha value is -0.830. The van der Waals surface area contributed by atoms with Gasteiger partial charge in [-0.05, 0) is 43.8 Å². The van der Waals surface area contributed by atoms with E-state index in [1.807, 2.05) is 6.20 Å². The van der Waals surface area contributed by atoms with Crippen molar-refractivity contribution in [2.45, 2.75) is 45.1 Å². The van der Waals surface area contributed by atoms with Gasteiger partial charge in [0, 0.05) is 6.20 Å². The zero-order chi connectivity index (χ0) is 10.7. The van der Waals surface area contributed by atoms with Crippen molar-refractivity contribution in [2.75, 3.05) is 13.1 Å². The molecule has 0 aromatic carbocycles. The Morgan fingerprint density at radius 1 is 1.40 bits per heavy atom. The highest BCUT2D eigenvalue weighted by atomic mass is 15.3. The van der Waals surface area contributed by atoms with Crippen molar-refractivity contribution in [1.82, 2.24) is 15.1 Å². The second-order valence-electron chi connectivity index (χ2n) is 4.74. The summed E-state index contributed by atoms with van der Waals surface area (Å²) in [7, 11) is 0. The predicted molar refractivity (Wildman–Crippen MR) is 62.1 cm³/mol. The van der Waals surface area contributed by atoms with Crippen LogP contribution in [0, 0.1) is 0 Å². The third-order valence-electron chi connectivity index (χ3n) is 3.21. The van der Waals surface area contributed by atoms with E-state index in [1.54, 1.807) is 0 Å². The Bertz CT molecular complexity index is 296. The largest absolute Gasteiger partial charge is 0.317 e. The van der Waals surface area contributed by atoms with Gasteiger partial charge in [0.1, 0.15) is 0 Å². The molecule has 1 unspecified atom stereocenters. The van der Waals surface area contributed by atoms with Crippen LogP contribution < -0.4 is 5.32 Å². The maximum atomic E-state index is 4.49. The van der Waals surface area contributed by atoms with Gasteiger partial charge in [-0.15, -0.1) is 0 Å². The highest BCUT2D eigenvalue weighted by Crippen LogP contribution is 2.21. The van der Waals surface area contributed by atoms with E-state index >= 15 is 0 Å². The molecule has 1 aliphatic heterocycles. The van der Waals surface area contributed by atoms with Gasteiger partial charge < -0.3 is 5.32 Å². The second-order valence-corrected chi connectivity index (χ2v) is 4.74. The lowest BCUT2D eigenvalue weighted by Crippen LogP contribution is -2.15. The lowest BCUT2D eigenvalue weighted by atomic mass is 10.1. The van der Waals surface area contributed by atoms with E-state index in [4.69, 9.17) is 0 Å². The molecule has 1 N–H and O–H groups in total. The lowest BCUT2D eigenvalue weighted by Gasteiger charge is -2.13. The minimum Gasteiger partial charge on any atom is -0.317 e. The van der Waals surface area contributed by atoms with Crippen molar-refractivity contribution >= 4 is 0 Å². The first kappa shape index (κ1) is 10.7. The highest BCUT2D eigenvalue weighted by molar-refractivity contribution is 5.09. The molecule has 1 atom stereocenters. The van der Waals surface area contributed by atoms with Gasteiger partial charge in [-0.1, -0.05) is 13.8 Å². The molecule has 0 bridgehead atoms. The zero-order valence-corrected chi connectivity index (χ0v) is 9.74. The van der Waals surface area contributed by atoms with Crippen LogP contribution in [0.25, 0.3) is 0 Å². The van der Waals surface area contributed by atoms with Gasteiger partial charge >= 0.3 is 0 Å². The van der Waals surface area contributed by atoms with Crippen LogP contribution in [0.4, 0.5) is 0 Å². The summed E-state index contributed by atoms with van der Waals surface area (Å²) in [5, 5.41) is 7.93. The number of nitrogens with zero attached hydrogens (tertiary/aromatic N) is 2. The van der Waals surface area contributed by atoms with Crippen LogP contribution in [-0.2, 0) is 0 Å². The molecule has 2 heterocycles. The van der Waals surface area contributed by atoms with E-state index in [2.05, 4.69) is 35.1 Å². The van der Waals surface area contributed by atoms with Crippen LogP contribution in [0.15, 0.2) is 12.4 Å². The van der Waals surface area contributed by atoms with E-state index in [1.165, 1.54) is 24.8 Å². The van der Waals surface area contributed by atoms with E-state index in [0.29, 0.717) is 12.0 Å². The molecular weight excluding hydrogens is 186 g/mol.